The van der Waals surface area contributed by atoms with Crippen LogP contribution in [0.5, 0.6) is 11.5 Å². The average Bonchev–Trinajstić information content (AvgIpc) is 2.90. The molecule has 0 aliphatic heterocycles. The van der Waals surface area contributed by atoms with Crippen molar-refractivity contribution in [2.24, 2.45) is 0 Å². The highest BCUT2D eigenvalue weighted by atomic mass is 16.5. The third-order valence-electron chi connectivity index (χ3n) is 5.50. The van der Waals surface area contributed by atoms with Crippen LogP contribution in [0.15, 0.2) is 96.6 Å². The number of hydrogen-bond donors (Lipinski definition) is 1. The SMILES string of the molecule is CCOc1cc(/C=C(/C#N)C(=O)NCc2ccccc2)ccc1OCc1cccc2ccccc12. The molecule has 4 aromatic carbocycles. The Bertz CT molecular complexity index is 1380. The summed E-state index contributed by atoms with van der Waals surface area (Å²) in [5.41, 5.74) is 2.74. The van der Waals surface area contributed by atoms with E-state index in [9.17, 15) is 10.1 Å². The summed E-state index contributed by atoms with van der Waals surface area (Å²) in [5.74, 6) is 0.734. The molecule has 0 aliphatic carbocycles. The molecule has 4 aromatic rings. The van der Waals surface area contributed by atoms with E-state index in [2.05, 4.69) is 23.5 Å². The molecule has 0 radical (unpaired) electrons. The molecule has 0 aromatic heterocycles. The van der Waals surface area contributed by atoms with Gasteiger partial charge in [0.05, 0.1) is 6.61 Å². The van der Waals surface area contributed by atoms with Gasteiger partial charge < -0.3 is 14.8 Å². The molecule has 1 amide bonds. The van der Waals surface area contributed by atoms with Crippen molar-refractivity contribution in [1.29, 1.82) is 5.26 Å². The standard InChI is InChI=1S/C30H26N2O3/c1-2-34-29-18-23(17-26(19-31)30(33)32-20-22-9-4-3-5-10-22)15-16-28(29)35-21-25-13-8-12-24-11-6-7-14-27(24)25/h3-18H,2,20-21H2,1H3,(H,32,33)/b26-17-. The van der Waals surface area contributed by atoms with Crippen LogP contribution < -0.4 is 14.8 Å². The van der Waals surface area contributed by atoms with E-state index >= 15 is 0 Å². The fourth-order valence-electron chi connectivity index (χ4n) is 3.76. The van der Waals surface area contributed by atoms with Gasteiger partial charge in [-0.05, 0) is 52.6 Å². The van der Waals surface area contributed by atoms with Crippen LogP contribution in [0, 0.1) is 11.3 Å². The fraction of sp³-hybridized carbons (Fsp3) is 0.133. The number of nitrogens with zero attached hydrogens (tertiary/aromatic N) is 1. The number of ether oxygens (including phenoxy) is 2. The van der Waals surface area contributed by atoms with Crippen LogP contribution in [0.25, 0.3) is 16.8 Å². The smallest absolute Gasteiger partial charge is 0.262 e. The Morgan fingerprint density at radius 1 is 0.914 bits per heavy atom. The van der Waals surface area contributed by atoms with Crippen molar-refractivity contribution >= 4 is 22.8 Å². The number of hydrogen-bond acceptors (Lipinski definition) is 4. The second kappa shape index (κ2) is 11.5. The highest BCUT2D eigenvalue weighted by molar-refractivity contribution is 6.01. The Morgan fingerprint density at radius 3 is 2.49 bits per heavy atom. The molecule has 0 fully saturated rings. The molecule has 0 bridgehead atoms. The number of carbonyl (C=O) groups is 1. The Kier molecular flexibility index (Phi) is 7.77. The van der Waals surface area contributed by atoms with Gasteiger partial charge in [-0.3, -0.25) is 4.79 Å². The number of rotatable bonds is 9. The molecular formula is C30H26N2O3. The molecular weight excluding hydrogens is 436 g/mol. The number of benzene rings is 4. The molecule has 5 heteroatoms. The Balaban J connectivity index is 1.50. The van der Waals surface area contributed by atoms with E-state index in [1.54, 1.807) is 18.2 Å². The number of carbonyl (C=O) groups excluding carboxylic acids is 1. The zero-order valence-electron chi connectivity index (χ0n) is 19.5. The minimum Gasteiger partial charge on any atom is -0.490 e. The molecule has 0 spiro atoms. The highest BCUT2D eigenvalue weighted by Crippen LogP contribution is 2.31. The van der Waals surface area contributed by atoms with E-state index in [4.69, 9.17) is 9.47 Å². The molecule has 0 unspecified atom stereocenters. The molecule has 174 valence electrons. The predicted molar refractivity (Wildman–Crippen MR) is 138 cm³/mol. The summed E-state index contributed by atoms with van der Waals surface area (Å²) in [6.07, 6.45) is 1.55. The maximum absolute atomic E-state index is 12.5. The van der Waals surface area contributed by atoms with Crippen LogP contribution >= 0.6 is 0 Å². The van der Waals surface area contributed by atoms with Gasteiger partial charge >= 0.3 is 0 Å². The zero-order chi connectivity index (χ0) is 24.5. The number of nitrogens with one attached hydrogen (secondary N) is 1. The topological polar surface area (TPSA) is 71.3 Å². The molecule has 1 N–H and O–H groups in total. The van der Waals surface area contributed by atoms with Crippen LogP contribution in [-0.4, -0.2) is 12.5 Å². The Hall–Kier alpha value is -4.56. The minimum atomic E-state index is -0.425. The van der Waals surface area contributed by atoms with Crippen molar-refractivity contribution in [3.8, 4) is 17.6 Å². The highest BCUT2D eigenvalue weighted by Gasteiger charge is 2.12. The third-order valence-corrected chi connectivity index (χ3v) is 5.50. The van der Waals surface area contributed by atoms with Crippen LogP contribution in [0.2, 0.25) is 0 Å². The van der Waals surface area contributed by atoms with Crippen molar-refractivity contribution in [2.45, 2.75) is 20.1 Å². The molecule has 0 aliphatic rings. The first-order valence-corrected chi connectivity index (χ1v) is 11.5. The van der Waals surface area contributed by atoms with Gasteiger partial charge in [-0.1, -0.05) is 78.9 Å². The molecule has 0 atom stereocenters. The predicted octanol–water partition coefficient (Wildman–Crippen LogP) is 6.04. The Labute approximate surface area is 205 Å². The maximum atomic E-state index is 12.5. The van der Waals surface area contributed by atoms with Gasteiger partial charge in [-0.25, -0.2) is 0 Å². The zero-order valence-corrected chi connectivity index (χ0v) is 19.5. The maximum Gasteiger partial charge on any atom is 0.262 e. The number of amides is 1. The van der Waals surface area contributed by atoms with Crippen LogP contribution in [0.3, 0.4) is 0 Å². The van der Waals surface area contributed by atoms with Crippen molar-refractivity contribution in [3.63, 3.8) is 0 Å². The third kappa shape index (κ3) is 6.07. The van der Waals surface area contributed by atoms with Crippen molar-refractivity contribution in [1.82, 2.24) is 5.32 Å². The van der Waals surface area contributed by atoms with Gasteiger partial charge in [0.1, 0.15) is 18.2 Å². The number of fused-ring (bicyclic) bond motifs is 1. The normalized spacial score (nSPS) is 11.0. The summed E-state index contributed by atoms with van der Waals surface area (Å²) in [7, 11) is 0. The van der Waals surface area contributed by atoms with E-state index in [-0.39, 0.29) is 5.57 Å². The van der Waals surface area contributed by atoms with Gasteiger partial charge in [-0.2, -0.15) is 5.26 Å². The monoisotopic (exact) mass is 462 g/mol. The van der Waals surface area contributed by atoms with Gasteiger partial charge in [0.2, 0.25) is 0 Å². The lowest BCUT2D eigenvalue weighted by Gasteiger charge is -2.14. The van der Waals surface area contributed by atoms with Gasteiger partial charge in [0.15, 0.2) is 11.5 Å². The first kappa shape index (κ1) is 23.6. The van der Waals surface area contributed by atoms with Crippen molar-refractivity contribution < 1.29 is 14.3 Å². The van der Waals surface area contributed by atoms with Gasteiger partial charge in [0, 0.05) is 6.54 Å². The molecule has 0 saturated carbocycles. The van der Waals surface area contributed by atoms with Gasteiger partial charge in [-0.15, -0.1) is 0 Å². The fourth-order valence-corrected chi connectivity index (χ4v) is 3.76. The minimum absolute atomic E-state index is 0.0211. The average molecular weight is 463 g/mol. The molecule has 35 heavy (non-hydrogen) atoms. The van der Waals surface area contributed by atoms with E-state index in [1.165, 1.54) is 0 Å². The van der Waals surface area contributed by atoms with E-state index in [0.29, 0.717) is 36.8 Å². The lowest BCUT2D eigenvalue weighted by atomic mass is 10.1. The largest absolute Gasteiger partial charge is 0.490 e. The summed E-state index contributed by atoms with van der Waals surface area (Å²) < 4.78 is 11.9. The molecule has 4 rings (SSSR count). The van der Waals surface area contributed by atoms with Gasteiger partial charge in [0.25, 0.3) is 5.91 Å². The molecule has 5 nitrogen and oxygen atoms in total. The quantitative estimate of drug-likeness (QED) is 0.243. The van der Waals surface area contributed by atoms with Crippen molar-refractivity contribution in [2.75, 3.05) is 6.61 Å². The molecule has 0 heterocycles. The summed E-state index contributed by atoms with van der Waals surface area (Å²) in [4.78, 5) is 12.5. The number of nitriles is 1. The first-order valence-electron chi connectivity index (χ1n) is 11.5. The molecule has 0 saturated heterocycles. The summed E-state index contributed by atoms with van der Waals surface area (Å²) in [6.45, 7) is 3.10. The first-order chi connectivity index (χ1) is 17.2. The second-order valence-corrected chi connectivity index (χ2v) is 7.90. The summed E-state index contributed by atoms with van der Waals surface area (Å²) >= 11 is 0. The summed E-state index contributed by atoms with van der Waals surface area (Å²) in [6, 6.07) is 31.3. The summed E-state index contributed by atoms with van der Waals surface area (Å²) in [5, 5.41) is 14.6. The van der Waals surface area contributed by atoms with E-state index in [0.717, 1.165) is 21.9 Å². The van der Waals surface area contributed by atoms with Crippen LogP contribution in [-0.2, 0) is 17.9 Å². The lowest BCUT2D eigenvalue weighted by molar-refractivity contribution is -0.117. The van der Waals surface area contributed by atoms with E-state index in [1.807, 2.05) is 73.7 Å². The van der Waals surface area contributed by atoms with Crippen molar-refractivity contribution in [3.05, 3.63) is 113 Å². The van der Waals surface area contributed by atoms with E-state index < -0.39 is 5.91 Å². The van der Waals surface area contributed by atoms with Crippen LogP contribution in [0.1, 0.15) is 23.6 Å². The lowest BCUT2D eigenvalue weighted by Crippen LogP contribution is -2.23. The Morgan fingerprint density at radius 2 is 1.69 bits per heavy atom. The van der Waals surface area contributed by atoms with Crippen LogP contribution in [0.4, 0.5) is 0 Å². The second-order valence-electron chi connectivity index (χ2n) is 7.90.